The normalized spacial score (nSPS) is 21.5. The van der Waals surface area contributed by atoms with Crippen molar-refractivity contribution in [3.05, 3.63) is 65.3 Å². The molecular formula is C24H24ClN5O4. The summed E-state index contributed by atoms with van der Waals surface area (Å²) in [5.74, 6) is 0.807. The number of rotatable bonds is 6. The van der Waals surface area contributed by atoms with E-state index in [9.17, 15) is 9.59 Å². The second-order valence-corrected chi connectivity index (χ2v) is 8.51. The molecule has 2 aromatic carbocycles. The third kappa shape index (κ3) is 3.39. The van der Waals surface area contributed by atoms with E-state index in [1.165, 1.54) is 16.9 Å². The summed E-state index contributed by atoms with van der Waals surface area (Å²) >= 11 is 6.45. The number of amides is 3. The number of carbonyl (C=O) groups excluding carboxylic acids is 2. The van der Waals surface area contributed by atoms with Crippen LogP contribution in [0.25, 0.3) is 5.70 Å². The van der Waals surface area contributed by atoms with Crippen molar-refractivity contribution in [3.8, 4) is 5.75 Å². The van der Waals surface area contributed by atoms with E-state index in [2.05, 4.69) is 0 Å². The number of halogens is 1. The van der Waals surface area contributed by atoms with Crippen LogP contribution in [0.2, 0.25) is 5.02 Å². The Morgan fingerprint density at radius 2 is 1.85 bits per heavy atom. The average molecular weight is 482 g/mol. The number of imide groups is 1. The molecule has 0 saturated carbocycles. The van der Waals surface area contributed by atoms with E-state index >= 15 is 0 Å². The second kappa shape index (κ2) is 8.66. The van der Waals surface area contributed by atoms with Crippen LogP contribution in [0.1, 0.15) is 5.56 Å². The van der Waals surface area contributed by atoms with Gasteiger partial charge in [0.1, 0.15) is 5.75 Å². The molecule has 0 radical (unpaired) electrons. The Kier molecular flexibility index (Phi) is 5.66. The van der Waals surface area contributed by atoms with E-state index in [0.29, 0.717) is 16.7 Å². The quantitative estimate of drug-likeness (QED) is 0.631. The zero-order chi connectivity index (χ0) is 24.0. The van der Waals surface area contributed by atoms with Gasteiger partial charge in [-0.25, -0.2) is 9.79 Å². The molecule has 34 heavy (non-hydrogen) atoms. The molecule has 3 aliphatic heterocycles. The van der Waals surface area contributed by atoms with Crippen LogP contribution in [0.4, 0.5) is 10.5 Å². The summed E-state index contributed by atoms with van der Waals surface area (Å²) in [5, 5.41) is 0.455. The van der Waals surface area contributed by atoms with Gasteiger partial charge in [-0.3, -0.25) is 19.5 Å². The summed E-state index contributed by atoms with van der Waals surface area (Å²) in [6, 6.07) is 14.2. The number of benzene rings is 2. The fourth-order valence-electron chi connectivity index (χ4n) is 4.48. The van der Waals surface area contributed by atoms with Crippen molar-refractivity contribution < 1.29 is 19.1 Å². The van der Waals surface area contributed by atoms with Crippen molar-refractivity contribution in [3.63, 3.8) is 0 Å². The summed E-state index contributed by atoms with van der Waals surface area (Å²) in [5.41, 5.74) is 2.56. The maximum atomic E-state index is 13.5. The lowest BCUT2D eigenvalue weighted by atomic mass is 10.1. The van der Waals surface area contributed by atoms with Gasteiger partial charge in [-0.15, -0.1) is 0 Å². The first-order chi connectivity index (χ1) is 16.5. The van der Waals surface area contributed by atoms with E-state index < -0.39 is 12.2 Å². The first kappa shape index (κ1) is 22.2. The zero-order valence-corrected chi connectivity index (χ0v) is 19.8. The minimum atomic E-state index is -0.674. The third-order valence-electron chi connectivity index (χ3n) is 6.19. The summed E-state index contributed by atoms with van der Waals surface area (Å²) in [4.78, 5) is 37.7. The standard InChI is InChI=1S/C24H24ClN5O4/c1-27-21-20(22(31)28(24(27)32)11-12-33-2)29-14-18(15-7-5-4-6-8-15)30(23(29)26-21)16-9-10-19(34-3)17(25)13-16/h4-10,13-14,20-21H,11-12H2,1-3H3. The molecule has 0 bridgehead atoms. The zero-order valence-electron chi connectivity index (χ0n) is 19.0. The number of nitrogens with zero attached hydrogens (tertiary/aromatic N) is 5. The maximum Gasteiger partial charge on any atom is 0.328 e. The number of guanidine groups is 1. The lowest BCUT2D eigenvalue weighted by Gasteiger charge is -2.40. The summed E-state index contributed by atoms with van der Waals surface area (Å²) in [6.45, 7) is 0.440. The fraction of sp³-hybridized carbons (Fsp3) is 0.292. The largest absolute Gasteiger partial charge is 0.495 e. The van der Waals surface area contributed by atoms with Crippen molar-refractivity contribution in [1.82, 2.24) is 14.7 Å². The number of ether oxygens (including phenoxy) is 2. The van der Waals surface area contributed by atoms with Gasteiger partial charge in [-0.05, 0) is 18.2 Å². The molecule has 0 N–H and O–H groups in total. The molecule has 3 heterocycles. The van der Waals surface area contributed by atoms with Crippen molar-refractivity contribution in [2.75, 3.05) is 39.3 Å². The molecule has 2 atom stereocenters. The molecule has 10 heteroatoms. The van der Waals surface area contributed by atoms with E-state index in [1.54, 1.807) is 26.3 Å². The van der Waals surface area contributed by atoms with Gasteiger partial charge >= 0.3 is 6.03 Å². The first-order valence-electron chi connectivity index (χ1n) is 10.8. The molecule has 2 aromatic rings. The molecule has 3 amide bonds. The fourth-order valence-corrected chi connectivity index (χ4v) is 4.74. The Bertz CT molecular complexity index is 1200. The lowest BCUT2D eigenvalue weighted by molar-refractivity contribution is -0.137. The van der Waals surface area contributed by atoms with Gasteiger partial charge < -0.3 is 14.4 Å². The number of anilines is 1. The smallest absolute Gasteiger partial charge is 0.328 e. The molecule has 0 aromatic heterocycles. The summed E-state index contributed by atoms with van der Waals surface area (Å²) in [7, 11) is 4.76. The minimum absolute atomic E-state index is 0.179. The highest BCUT2D eigenvalue weighted by molar-refractivity contribution is 6.32. The number of fused-ring (bicyclic) bond motifs is 3. The van der Waals surface area contributed by atoms with Crippen LogP contribution >= 0.6 is 11.6 Å². The predicted octanol–water partition coefficient (Wildman–Crippen LogP) is 3.07. The van der Waals surface area contributed by atoms with Gasteiger partial charge in [0.15, 0.2) is 12.2 Å². The highest BCUT2D eigenvalue weighted by Gasteiger charge is 2.54. The van der Waals surface area contributed by atoms with Gasteiger partial charge in [-0.2, -0.15) is 0 Å². The SMILES string of the molecule is COCCN1C(=O)C2C(N=C3N(c4ccc(OC)c(Cl)c4)C(c4ccccc4)=CN32)N(C)C1=O. The average Bonchev–Trinajstić information content (AvgIpc) is 3.40. The maximum absolute atomic E-state index is 13.5. The van der Waals surface area contributed by atoms with Crippen LogP contribution in [0.15, 0.2) is 59.7 Å². The number of urea groups is 1. The Morgan fingerprint density at radius 1 is 1.09 bits per heavy atom. The second-order valence-electron chi connectivity index (χ2n) is 8.11. The summed E-state index contributed by atoms with van der Waals surface area (Å²) in [6.07, 6.45) is 1.27. The van der Waals surface area contributed by atoms with Crippen LogP contribution < -0.4 is 9.64 Å². The highest BCUT2D eigenvalue weighted by Crippen LogP contribution is 2.41. The summed E-state index contributed by atoms with van der Waals surface area (Å²) < 4.78 is 10.4. The van der Waals surface area contributed by atoms with Crippen molar-refractivity contribution in [2.45, 2.75) is 12.2 Å². The molecule has 2 unspecified atom stereocenters. The Hall–Kier alpha value is -3.56. The number of hydrogen-bond acceptors (Lipinski definition) is 7. The number of carbonyl (C=O) groups is 2. The molecule has 0 spiro atoms. The van der Waals surface area contributed by atoms with Crippen molar-refractivity contribution >= 4 is 40.9 Å². The molecule has 1 fully saturated rings. The van der Waals surface area contributed by atoms with Gasteiger partial charge in [-0.1, -0.05) is 41.9 Å². The van der Waals surface area contributed by atoms with Crippen LogP contribution in [-0.4, -0.2) is 79.2 Å². The third-order valence-corrected chi connectivity index (χ3v) is 6.49. The molecule has 0 aliphatic carbocycles. The van der Waals surface area contributed by atoms with Gasteiger partial charge in [0.2, 0.25) is 5.96 Å². The van der Waals surface area contributed by atoms with Crippen molar-refractivity contribution in [1.29, 1.82) is 0 Å². The lowest BCUT2D eigenvalue weighted by Crippen LogP contribution is -2.64. The molecular weight excluding hydrogens is 458 g/mol. The van der Waals surface area contributed by atoms with E-state index in [-0.39, 0.29) is 25.1 Å². The molecule has 3 aliphatic rings. The van der Waals surface area contributed by atoms with Gasteiger partial charge in [0, 0.05) is 25.9 Å². The van der Waals surface area contributed by atoms with Crippen molar-refractivity contribution in [2.24, 2.45) is 4.99 Å². The molecule has 1 saturated heterocycles. The first-order valence-corrected chi connectivity index (χ1v) is 11.2. The Labute approximate surface area is 202 Å². The molecule has 9 nitrogen and oxygen atoms in total. The predicted molar refractivity (Wildman–Crippen MR) is 129 cm³/mol. The molecule has 5 rings (SSSR count). The highest BCUT2D eigenvalue weighted by atomic mass is 35.5. The Balaban J connectivity index is 1.60. The van der Waals surface area contributed by atoms with Gasteiger partial charge in [0.25, 0.3) is 5.91 Å². The number of aliphatic imine (C=N–C) groups is 1. The number of methoxy groups -OCH3 is 2. The monoisotopic (exact) mass is 481 g/mol. The van der Waals surface area contributed by atoms with Crippen LogP contribution in [0.5, 0.6) is 5.75 Å². The van der Waals surface area contributed by atoms with Crippen LogP contribution in [-0.2, 0) is 9.53 Å². The van der Waals surface area contributed by atoms with E-state index in [1.807, 2.05) is 52.4 Å². The number of likely N-dealkylation sites (N-methyl/N-ethyl adjacent to an activating group) is 1. The topological polar surface area (TPSA) is 77.9 Å². The van der Waals surface area contributed by atoms with E-state index in [0.717, 1.165) is 16.9 Å². The van der Waals surface area contributed by atoms with E-state index in [4.69, 9.17) is 26.1 Å². The van der Waals surface area contributed by atoms with Gasteiger partial charge in [0.05, 0.1) is 36.7 Å². The Morgan fingerprint density at radius 3 is 2.53 bits per heavy atom. The number of hydrogen-bond donors (Lipinski definition) is 0. The van der Waals surface area contributed by atoms with Crippen LogP contribution in [0.3, 0.4) is 0 Å². The molecule has 176 valence electrons. The van der Waals surface area contributed by atoms with Crippen LogP contribution in [0, 0.1) is 0 Å². The minimum Gasteiger partial charge on any atom is -0.495 e.